The molecule has 0 heterocycles. The number of fused-ring (bicyclic) bond motifs is 5. The molecule has 136 valence electrons. The highest BCUT2D eigenvalue weighted by molar-refractivity contribution is 7.80. The summed E-state index contributed by atoms with van der Waals surface area (Å²) in [4.78, 5) is 12.0. The molecule has 0 aromatic carbocycles. The average Bonchev–Trinajstić information content (AvgIpc) is 2.98. The van der Waals surface area contributed by atoms with Crippen LogP contribution in [0.25, 0.3) is 0 Å². The third kappa shape index (κ3) is 2.69. The summed E-state index contributed by atoms with van der Waals surface area (Å²) in [5.41, 5.74) is 0.578. The van der Waals surface area contributed by atoms with Gasteiger partial charge >= 0.3 is 0 Å². The number of carbonyl (C=O) groups is 1. The molecular weight excluding hydrogens is 316 g/mol. The van der Waals surface area contributed by atoms with Crippen LogP contribution < -0.4 is 0 Å². The maximum Gasteiger partial charge on any atom is 0.133 e. The molecule has 1 unspecified atom stereocenters. The molecule has 0 aromatic heterocycles. The Morgan fingerprint density at radius 3 is 2.79 bits per heavy atom. The summed E-state index contributed by atoms with van der Waals surface area (Å²) in [5.74, 6) is 3.61. The second-order valence-electron chi connectivity index (χ2n) is 9.56. The van der Waals surface area contributed by atoms with Crippen LogP contribution in [0.1, 0.15) is 78.1 Å². The van der Waals surface area contributed by atoms with Crippen molar-refractivity contribution in [2.24, 2.45) is 29.1 Å². The number of hydrogen-bond acceptors (Lipinski definition) is 3. The summed E-state index contributed by atoms with van der Waals surface area (Å²) in [5, 5.41) is 0.330. The monoisotopic (exact) mass is 350 g/mol. The minimum absolute atomic E-state index is 0.159. The molecule has 4 fully saturated rings. The lowest BCUT2D eigenvalue weighted by Gasteiger charge is -2.60. The van der Waals surface area contributed by atoms with Crippen LogP contribution in [0, 0.1) is 29.1 Å². The predicted molar refractivity (Wildman–Crippen MR) is 100 cm³/mol. The largest absolute Gasteiger partial charge is 0.374 e. The zero-order valence-electron chi connectivity index (χ0n) is 15.4. The van der Waals surface area contributed by atoms with Crippen LogP contribution in [0.2, 0.25) is 0 Å². The molecule has 3 heteroatoms. The quantitative estimate of drug-likeness (QED) is 0.720. The Hall–Kier alpha value is -0.0200. The number of ether oxygens (including phenoxy) is 1. The fourth-order valence-electron chi connectivity index (χ4n) is 7.17. The first kappa shape index (κ1) is 17.4. The van der Waals surface area contributed by atoms with Crippen LogP contribution in [0.4, 0.5) is 0 Å². The van der Waals surface area contributed by atoms with Crippen LogP contribution in [0.5, 0.6) is 0 Å². The van der Waals surface area contributed by atoms with E-state index in [4.69, 9.17) is 4.74 Å². The van der Waals surface area contributed by atoms with Gasteiger partial charge in [-0.05, 0) is 74.0 Å². The first-order valence-electron chi connectivity index (χ1n) is 10.3. The van der Waals surface area contributed by atoms with Crippen molar-refractivity contribution in [1.29, 1.82) is 0 Å². The van der Waals surface area contributed by atoms with Crippen molar-refractivity contribution in [3.05, 3.63) is 0 Å². The van der Waals surface area contributed by atoms with Gasteiger partial charge in [0.1, 0.15) is 5.78 Å². The molecule has 4 rings (SSSR count). The maximum atomic E-state index is 12.0. The molecule has 0 saturated heterocycles. The standard InChI is InChI=1S/C21H34O2S/c1-14(24)13-23-21-9-3-4-19(21)17-6-5-15-12-16(22)7-10-20(15,2)18(17)8-11-21/h14-15,17-19,24H,3-13H2,1-2H3/t14?,15-,17+,18-,19-,20-,21+/m0/s1. The minimum atomic E-state index is 0.159. The fraction of sp³-hybridized carbons (Fsp3) is 0.952. The zero-order chi connectivity index (χ0) is 16.9. The number of hydrogen-bond donors (Lipinski definition) is 1. The van der Waals surface area contributed by atoms with Gasteiger partial charge in [-0.15, -0.1) is 0 Å². The average molecular weight is 351 g/mol. The van der Waals surface area contributed by atoms with Crippen molar-refractivity contribution in [2.75, 3.05) is 6.61 Å². The zero-order valence-corrected chi connectivity index (χ0v) is 16.3. The molecule has 7 atom stereocenters. The Labute approximate surface area is 152 Å². The Bertz CT molecular complexity index is 504. The van der Waals surface area contributed by atoms with Gasteiger partial charge in [0.05, 0.1) is 12.2 Å². The first-order chi connectivity index (χ1) is 11.4. The van der Waals surface area contributed by atoms with Crippen LogP contribution in [-0.4, -0.2) is 23.2 Å². The van der Waals surface area contributed by atoms with E-state index in [2.05, 4.69) is 26.5 Å². The topological polar surface area (TPSA) is 26.3 Å². The predicted octanol–water partition coefficient (Wildman–Crippen LogP) is 5.06. The van der Waals surface area contributed by atoms with Crippen molar-refractivity contribution in [2.45, 2.75) is 88.9 Å². The van der Waals surface area contributed by atoms with Crippen LogP contribution in [-0.2, 0) is 9.53 Å². The highest BCUT2D eigenvalue weighted by atomic mass is 32.1. The van der Waals surface area contributed by atoms with Crippen LogP contribution in [0.15, 0.2) is 0 Å². The lowest BCUT2D eigenvalue weighted by Crippen LogP contribution is -2.56. The number of ketones is 1. The van der Waals surface area contributed by atoms with E-state index in [0.717, 1.165) is 43.6 Å². The number of thiol groups is 1. The van der Waals surface area contributed by atoms with E-state index in [0.29, 0.717) is 22.4 Å². The number of carbonyl (C=O) groups excluding carboxylic acids is 1. The summed E-state index contributed by atoms with van der Waals surface area (Å²) < 4.78 is 6.56. The normalized spacial score (nSPS) is 49.2. The highest BCUT2D eigenvalue weighted by Crippen LogP contribution is 2.64. The molecule has 24 heavy (non-hydrogen) atoms. The molecule has 0 bridgehead atoms. The molecule has 4 aliphatic rings. The Morgan fingerprint density at radius 1 is 1.17 bits per heavy atom. The van der Waals surface area contributed by atoms with Crippen LogP contribution in [0.3, 0.4) is 0 Å². The second kappa shape index (κ2) is 6.30. The van der Waals surface area contributed by atoms with Crippen molar-refractivity contribution >= 4 is 18.4 Å². The van der Waals surface area contributed by atoms with E-state index in [9.17, 15) is 4.79 Å². The molecule has 0 amide bonds. The smallest absolute Gasteiger partial charge is 0.133 e. The van der Waals surface area contributed by atoms with E-state index in [-0.39, 0.29) is 5.60 Å². The molecule has 2 nitrogen and oxygen atoms in total. The maximum absolute atomic E-state index is 12.0. The van der Waals surface area contributed by atoms with Gasteiger partial charge in [-0.25, -0.2) is 0 Å². The molecular formula is C21H34O2S. The lowest BCUT2D eigenvalue weighted by molar-refractivity contribution is -0.168. The van der Waals surface area contributed by atoms with E-state index in [1.54, 1.807) is 0 Å². The van der Waals surface area contributed by atoms with E-state index in [1.165, 1.54) is 44.9 Å². The molecule has 4 aliphatic carbocycles. The van der Waals surface area contributed by atoms with Gasteiger partial charge in [0.25, 0.3) is 0 Å². The third-order valence-electron chi connectivity index (χ3n) is 8.36. The molecule has 0 radical (unpaired) electrons. The van der Waals surface area contributed by atoms with Crippen molar-refractivity contribution in [3.63, 3.8) is 0 Å². The van der Waals surface area contributed by atoms with E-state index < -0.39 is 0 Å². The SMILES string of the molecule is CC(S)CO[C@@]12CCC[C@H]1[C@@H]1CC[C@H]3CC(=O)CC[C@]3(C)[C@H]1CC2. The molecule has 0 aromatic rings. The summed E-state index contributed by atoms with van der Waals surface area (Å²) in [6.07, 6.45) is 12.0. The van der Waals surface area contributed by atoms with Crippen molar-refractivity contribution in [3.8, 4) is 0 Å². The van der Waals surface area contributed by atoms with Gasteiger partial charge in [-0.1, -0.05) is 20.3 Å². The summed E-state index contributed by atoms with van der Waals surface area (Å²) in [6.45, 7) is 5.46. The Kier molecular flexibility index (Phi) is 4.57. The third-order valence-corrected chi connectivity index (χ3v) is 8.51. The van der Waals surface area contributed by atoms with Crippen molar-refractivity contribution < 1.29 is 9.53 Å². The first-order valence-corrected chi connectivity index (χ1v) is 10.8. The number of rotatable bonds is 3. The lowest BCUT2D eigenvalue weighted by atomic mass is 9.46. The summed E-state index contributed by atoms with van der Waals surface area (Å²) in [6, 6.07) is 0. The second-order valence-corrected chi connectivity index (χ2v) is 10.4. The molecule has 0 spiro atoms. The Balaban J connectivity index is 1.56. The molecule has 0 N–H and O–H groups in total. The highest BCUT2D eigenvalue weighted by Gasteiger charge is 2.59. The van der Waals surface area contributed by atoms with E-state index in [1.807, 2.05) is 0 Å². The van der Waals surface area contributed by atoms with Crippen molar-refractivity contribution in [1.82, 2.24) is 0 Å². The van der Waals surface area contributed by atoms with Gasteiger partial charge in [0.15, 0.2) is 0 Å². The Morgan fingerprint density at radius 2 is 2.00 bits per heavy atom. The summed E-state index contributed by atoms with van der Waals surface area (Å²) in [7, 11) is 0. The van der Waals surface area contributed by atoms with E-state index >= 15 is 0 Å². The van der Waals surface area contributed by atoms with Crippen LogP contribution >= 0.6 is 12.6 Å². The van der Waals surface area contributed by atoms with Gasteiger partial charge in [-0.2, -0.15) is 12.6 Å². The molecule has 0 aliphatic heterocycles. The van der Waals surface area contributed by atoms with Gasteiger partial charge in [0.2, 0.25) is 0 Å². The number of Topliss-reactive ketones (excluding diaryl/α,β-unsaturated/α-hetero) is 1. The minimum Gasteiger partial charge on any atom is -0.374 e. The van der Waals surface area contributed by atoms with Gasteiger partial charge < -0.3 is 4.74 Å². The summed E-state index contributed by atoms with van der Waals surface area (Å²) >= 11 is 4.54. The fourth-order valence-corrected chi connectivity index (χ4v) is 7.25. The van der Waals surface area contributed by atoms with Gasteiger partial charge in [0, 0.05) is 18.1 Å². The van der Waals surface area contributed by atoms with Gasteiger partial charge in [-0.3, -0.25) is 4.79 Å². The molecule has 4 saturated carbocycles.